The normalized spacial score (nSPS) is 15.1. The van der Waals surface area contributed by atoms with Gasteiger partial charge < -0.3 is 4.74 Å². The fraction of sp³-hybridized carbons (Fsp3) is 0.263. The van der Waals surface area contributed by atoms with E-state index in [9.17, 15) is 9.59 Å². The van der Waals surface area contributed by atoms with Crippen molar-refractivity contribution < 1.29 is 14.3 Å². The van der Waals surface area contributed by atoms with Gasteiger partial charge >= 0.3 is 5.97 Å². The van der Waals surface area contributed by atoms with Crippen LogP contribution in [0.2, 0.25) is 0 Å². The lowest BCUT2D eigenvalue weighted by atomic mass is 9.86. The molecule has 0 bridgehead atoms. The molecule has 0 heterocycles. The van der Waals surface area contributed by atoms with Crippen molar-refractivity contribution in [3.8, 4) is 0 Å². The van der Waals surface area contributed by atoms with E-state index in [0.29, 0.717) is 17.7 Å². The van der Waals surface area contributed by atoms with E-state index in [1.807, 2.05) is 30.3 Å². The summed E-state index contributed by atoms with van der Waals surface area (Å²) in [5.74, 6) is -0.419. The first-order chi connectivity index (χ1) is 10.7. The molecule has 3 heteroatoms. The molecule has 22 heavy (non-hydrogen) atoms. The van der Waals surface area contributed by atoms with Crippen molar-refractivity contribution in [2.75, 3.05) is 6.61 Å². The Morgan fingerprint density at radius 1 is 0.955 bits per heavy atom. The molecule has 1 aliphatic carbocycles. The Hall–Kier alpha value is -2.42. The summed E-state index contributed by atoms with van der Waals surface area (Å²) in [6.45, 7) is 2.06. The van der Waals surface area contributed by atoms with E-state index in [0.717, 1.165) is 18.4 Å². The topological polar surface area (TPSA) is 43.4 Å². The van der Waals surface area contributed by atoms with Gasteiger partial charge in [-0.1, -0.05) is 48.5 Å². The molecule has 0 saturated heterocycles. The highest BCUT2D eigenvalue weighted by Crippen LogP contribution is 2.50. The van der Waals surface area contributed by atoms with Crippen LogP contribution in [0.15, 0.2) is 54.6 Å². The van der Waals surface area contributed by atoms with Crippen LogP contribution in [0.3, 0.4) is 0 Å². The van der Waals surface area contributed by atoms with Gasteiger partial charge in [0.05, 0.1) is 17.6 Å². The van der Waals surface area contributed by atoms with E-state index in [1.165, 1.54) is 0 Å². The first-order valence-electron chi connectivity index (χ1n) is 7.55. The van der Waals surface area contributed by atoms with Crippen LogP contribution in [-0.4, -0.2) is 18.4 Å². The maximum absolute atomic E-state index is 13.1. The molecule has 2 aromatic rings. The summed E-state index contributed by atoms with van der Waals surface area (Å²) in [4.78, 5) is 25.1. The summed E-state index contributed by atoms with van der Waals surface area (Å²) in [6.07, 6.45) is 1.65. The Bertz CT molecular complexity index is 700. The number of carbonyl (C=O) groups is 2. The van der Waals surface area contributed by atoms with Gasteiger partial charge in [-0.05, 0) is 31.4 Å². The first-order valence-corrected chi connectivity index (χ1v) is 7.55. The molecule has 0 unspecified atom stereocenters. The molecular formula is C19H18O3. The van der Waals surface area contributed by atoms with Crippen molar-refractivity contribution in [3.05, 3.63) is 71.3 Å². The number of rotatable bonds is 5. The van der Waals surface area contributed by atoms with Crippen LogP contribution in [0, 0.1) is 0 Å². The molecule has 1 saturated carbocycles. The molecule has 1 fully saturated rings. The van der Waals surface area contributed by atoms with Crippen molar-refractivity contribution >= 4 is 11.8 Å². The van der Waals surface area contributed by atoms with Gasteiger partial charge in [0.15, 0.2) is 5.78 Å². The molecule has 0 radical (unpaired) electrons. The third-order valence-electron chi connectivity index (χ3n) is 4.18. The number of ether oxygens (including phenoxy) is 1. The molecule has 3 nitrogen and oxygen atoms in total. The molecule has 1 aliphatic rings. The van der Waals surface area contributed by atoms with Crippen LogP contribution in [0.25, 0.3) is 0 Å². The summed E-state index contributed by atoms with van der Waals surface area (Å²) >= 11 is 0. The first kappa shape index (κ1) is 14.5. The van der Waals surface area contributed by atoms with Gasteiger partial charge in [-0.3, -0.25) is 4.79 Å². The van der Waals surface area contributed by atoms with Gasteiger partial charge in [-0.25, -0.2) is 4.79 Å². The van der Waals surface area contributed by atoms with Crippen LogP contribution in [0.1, 0.15) is 46.0 Å². The smallest absolute Gasteiger partial charge is 0.338 e. The largest absolute Gasteiger partial charge is 0.462 e. The molecule has 0 aliphatic heterocycles. The van der Waals surface area contributed by atoms with Gasteiger partial charge in [0, 0.05) is 5.56 Å². The molecule has 3 rings (SSSR count). The van der Waals surface area contributed by atoms with E-state index in [2.05, 4.69) is 0 Å². The van der Waals surface area contributed by atoms with Gasteiger partial charge in [-0.2, -0.15) is 0 Å². The molecule has 0 N–H and O–H groups in total. The van der Waals surface area contributed by atoms with Crippen LogP contribution in [-0.2, 0) is 10.2 Å². The fourth-order valence-electron chi connectivity index (χ4n) is 2.85. The van der Waals surface area contributed by atoms with E-state index in [1.54, 1.807) is 31.2 Å². The van der Waals surface area contributed by atoms with Crippen molar-refractivity contribution in [3.63, 3.8) is 0 Å². The second-order valence-electron chi connectivity index (χ2n) is 5.54. The molecule has 0 aromatic heterocycles. The van der Waals surface area contributed by atoms with Crippen LogP contribution in [0.4, 0.5) is 0 Å². The quantitative estimate of drug-likeness (QED) is 0.622. The SMILES string of the molecule is CCOC(=O)c1ccccc1C(=O)C1(c2ccccc2)CC1. The standard InChI is InChI=1S/C19H18O3/c1-2-22-18(21)16-11-7-6-10-15(16)17(20)19(12-13-19)14-8-4-3-5-9-14/h3-11H,2,12-13H2,1H3. The predicted molar refractivity (Wildman–Crippen MR) is 84.1 cm³/mol. The zero-order valence-corrected chi connectivity index (χ0v) is 12.5. The number of Topliss-reactive ketones (excluding diaryl/α,β-unsaturated/α-hetero) is 1. The molecular weight excluding hydrogens is 276 g/mol. The number of carbonyl (C=O) groups excluding carboxylic acids is 2. The number of hydrogen-bond acceptors (Lipinski definition) is 3. The number of ketones is 1. The average Bonchev–Trinajstić information content (AvgIpc) is 3.37. The maximum atomic E-state index is 13.1. The van der Waals surface area contributed by atoms with Crippen LogP contribution in [0.5, 0.6) is 0 Å². The lowest BCUT2D eigenvalue weighted by molar-refractivity contribution is 0.0522. The van der Waals surface area contributed by atoms with Crippen molar-refractivity contribution in [2.24, 2.45) is 0 Å². The van der Waals surface area contributed by atoms with E-state index < -0.39 is 11.4 Å². The second-order valence-corrected chi connectivity index (χ2v) is 5.54. The predicted octanol–water partition coefficient (Wildman–Crippen LogP) is 3.78. The highest BCUT2D eigenvalue weighted by atomic mass is 16.5. The van der Waals surface area contributed by atoms with E-state index >= 15 is 0 Å². The second kappa shape index (κ2) is 5.76. The molecule has 0 amide bonds. The molecule has 112 valence electrons. The van der Waals surface area contributed by atoms with Gasteiger partial charge in [0.2, 0.25) is 0 Å². The Labute approximate surface area is 129 Å². The summed E-state index contributed by atoms with van der Waals surface area (Å²) in [7, 11) is 0. The highest BCUT2D eigenvalue weighted by molar-refractivity contribution is 6.12. The Kier molecular flexibility index (Phi) is 3.80. The Morgan fingerprint density at radius 3 is 2.14 bits per heavy atom. The summed E-state index contributed by atoms with van der Waals surface area (Å²) in [5.41, 5.74) is 1.38. The third kappa shape index (κ3) is 2.43. The van der Waals surface area contributed by atoms with E-state index in [-0.39, 0.29) is 5.78 Å². The van der Waals surface area contributed by atoms with Gasteiger partial charge in [-0.15, -0.1) is 0 Å². The zero-order valence-electron chi connectivity index (χ0n) is 12.5. The van der Waals surface area contributed by atoms with Crippen LogP contribution < -0.4 is 0 Å². The number of benzene rings is 2. The van der Waals surface area contributed by atoms with Crippen LogP contribution >= 0.6 is 0 Å². The van der Waals surface area contributed by atoms with Gasteiger partial charge in [0.25, 0.3) is 0 Å². The van der Waals surface area contributed by atoms with Gasteiger partial charge in [0.1, 0.15) is 0 Å². The van der Waals surface area contributed by atoms with Crippen molar-refractivity contribution in [2.45, 2.75) is 25.2 Å². The molecule has 2 aromatic carbocycles. The Morgan fingerprint density at radius 2 is 1.55 bits per heavy atom. The Balaban J connectivity index is 1.99. The minimum absolute atomic E-state index is 0.0161. The summed E-state index contributed by atoms with van der Waals surface area (Å²) in [5, 5.41) is 0. The molecule has 0 spiro atoms. The molecule has 0 atom stereocenters. The lowest BCUT2D eigenvalue weighted by Crippen LogP contribution is -2.23. The third-order valence-corrected chi connectivity index (χ3v) is 4.18. The monoisotopic (exact) mass is 294 g/mol. The zero-order chi connectivity index (χ0) is 15.6. The number of hydrogen-bond donors (Lipinski definition) is 0. The summed E-state index contributed by atoms with van der Waals surface area (Å²) in [6, 6.07) is 16.7. The van der Waals surface area contributed by atoms with Crippen molar-refractivity contribution in [1.29, 1.82) is 0 Å². The van der Waals surface area contributed by atoms with Crippen molar-refractivity contribution in [1.82, 2.24) is 0 Å². The highest BCUT2D eigenvalue weighted by Gasteiger charge is 2.51. The average molecular weight is 294 g/mol. The minimum Gasteiger partial charge on any atom is -0.462 e. The lowest BCUT2D eigenvalue weighted by Gasteiger charge is -2.16. The fourth-order valence-corrected chi connectivity index (χ4v) is 2.85. The minimum atomic E-state index is -0.468. The maximum Gasteiger partial charge on any atom is 0.338 e. The summed E-state index contributed by atoms with van der Waals surface area (Å²) < 4.78 is 5.07. The number of esters is 1. The van der Waals surface area contributed by atoms with E-state index in [4.69, 9.17) is 4.74 Å².